The fraction of sp³-hybridized carbons (Fsp3) is 0.400. The molecule has 0 aliphatic rings. The van der Waals surface area contributed by atoms with Gasteiger partial charge in [-0.2, -0.15) is 8.42 Å². The molecule has 130 valence electrons. The van der Waals surface area contributed by atoms with E-state index in [1.54, 1.807) is 6.92 Å². The van der Waals surface area contributed by atoms with Crippen LogP contribution in [0.5, 0.6) is 0 Å². The van der Waals surface area contributed by atoms with Gasteiger partial charge in [0.05, 0.1) is 22.5 Å². The smallest absolute Gasteiger partial charge is 0.305 e. The number of aromatic nitrogens is 2. The number of nitrogens with zero attached hydrogens (tertiary/aromatic N) is 1. The number of benzene rings is 1. The second-order valence-corrected chi connectivity index (χ2v) is 6.60. The Hall–Kier alpha value is -2.26. The van der Waals surface area contributed by atoms with Gasteiger partial charge in [0, 0.05) is 6.42 Å². The number of hydrogen-bond donors (Lipinski definition) is 2. The van der Waals surface area contributed by atoms with Crippen molar-refractivity contribution in [1.29, 1.82) is 0 Å². The van der Waals surface area contributed by atoms with Crippen LogP contribution in [0.2, 0.25) is 0 Å². The van der Waals surface area contributed by atoms with Gasteiger partial charge in [0.15, 0.2) is 0 Å². The van der Waals surface area contributed by atoms with Gasteiger partial charge < -0.3 is 9.72 Å². The second-order valence-electron chi connectivity index (χ2n) is 5.18. The molecule has 0 amide bonds. The van der Waals surface area contributed by atoms with Gasteiger partial charge >= 0.3 is 5.97 Å². The van der Waals surface area contributed by atoms with Gasteiger partial charge in [-0.05, 0) is 44.4 Å². The molecule has 0 atom stereocenters. The van der Waals surface area contributed by atoms with Gasteiger partial charge in [-0.1, -0.05) is 0 Å². The lowest BCUT2D eigenvalue weighted by Gasteiger charge is -2.04. The first-order valence-electron chi connectivity index (χ1n) is 7.47. The van der Waals surface area contributed by atoms with E-state index in [9.17, 15) is 18.0 Å². The molecule has 0 unspecified atom stereocenters. The molecule has 0 radical (unpaired) electrons. The molecule has 0 saturated carbocycles. The van der Waals surface area contributed by atoms with E-state index < -0.39 is 10.1 Å². The lowest BCUT2D eigenvalue weighted by molar-refractivity contribution is -0.143. The molecule has 0 bridgehead atoms. The van der Waals surface area contributed by atoms with Crippen LogP contribution < -0.4 is 5.56 Å². The molecule has 8 nitrogen and oxygen atoms in total. The van der Waals surface area contributed by atoms with E-state index in [2.05, 4.69) is 9.97 Å². The Morgan fingerprint density at radius 1 is 1.33 bits per heavy atom. The number of aromatic amines is 1. The minimum atomic E-state index is -4.34. The number of hydrogen-bond acceptors (Lipinski definition) is 6. The van der Waals surface area contributed by atoms with Crippen molar-refractivity contribution in [3.63, 3.8) is 0 Å². The molecule has 0 aliphatic heterocycles. The van der Waals surface area contributed by atoms with Crippen molar-refractivity contribution in [2.24, 2.45) is 0 Å². The summed E-state index contributed by atoms with van der Waals surface area (Å²) in [6.07, 6.45) is 1.74. The van der Waals surface area contributed by atoms with E-state index >= 15 is 0 Å². The van der Waals surface area contributed by atoms with E-state index in [0.29, 0.717) is 31.4 Å². The molecule has 0 saturated heterocycles. The molecule has 2 N–H and O–H groups in total. The van der Waals surface area contributed by atoms with Crippen LogP contribution in [0, 0.1) is 0 Å². The number of nitrogens with one attached hydrogen (secondary N) is 1. The highest BCUT2D eigenvalue weighted by Gasteiger charge is 2.12. The Morgan fingerprint density at radius 3 is 2.75 bits per heavy atom. The van der Waals surface area contributed by atoms with Crippen molar-refractivity contribution >= 4 is 27.1 Å². The highest BCUT2D eigenvalue weighted by Crippen LogP contribution is 2.15. The van der Waals surface area contributed by atoms with E-state index in [4.69, 9.17) is 9.29 Å². The fourth-order valence-corrected chi connectivity index (χ4v) is 2.73. The predicted molar refractivity (Wildman–Crippen MR) is 86.4 cm³/mol. The molecule has 2 aromatic rings. The van der Waals surface area contributed by atoms with Crippen molar-refractivity contribution in [3.8, 4) is 0 Å². The average molecular weight is 354 g/mol. The molecule has 0 aliphatic carbocycles. The Kier molecular flexibility index (Phi) is 5.68. The third kappa shape index (κ3) is 4.62. The fourth-order valence-electron chi connectivity index (χ4n) is 2.23. The predicted octanol–water partition coefficient (Wildman–Crippen LogP) is 1.45. The quantitative estimate of drug-likeness (QED) is 0.437. The first-order chi connectivity index (χ1) is 11.3. The molecular formula is C15H18N2O6S. The molecule has 1 aromatic carbocycles. The maximum atomic E-state index is 12.0. The van der Waals surface area contributed by atoms with Crippen molar-refractivity contribution in [3.05, 3.63) is 34.2 Å². The summed E-state index contributed by atoms with van der Waals surface area (Å²) in [5.41, 5.74) is 0.532. The van der Waals surface area contributed by atoms with Gasteiger partial charge in [0.25, 0.3) is 15.7 Å². The van der Waals surface area contributed by atoms with Gasteiger partial charge in [0.2, 0.25) is 0 Å². The molecule has 1 heterocycles. The summed E-state index contributed by atoms with van der Waals surface area (Å²) in [5.74, 6) is -0.282. The highest BCUT2D eigenvalue weighted by atomic mass is 32.2. The van der Waals surface area contributed by atoms with E-state index in [1.165, 1.54) is 18.2 Å². The molecule has 0 fully saturated rings. The highest BCUT2D eigenvalue weighted by molar-refractivity contribution is 7.85. The number of carbonyl (C=O) groups excluding carboxylic acids is 1. The van der Waals surface area contributed by atoms with Crippen molar-refractivity contribution in [1.82, 2.24) is 9.97 Å². The summed E-state index contributed by atoms with van der Waals surface area (Å²) >= 11 is 0. The van der Waals surface area contributed by atoms with Gasteiger partial charge in [-0.3, -0.25) is 14.1 Å². The lowest BCUT2D eigenvalue weighted by Crippen LogP contribution is -2.15. The maximum Gasteiger partial charge on any atom is 0.305 e. The Morgan fingerprint density at radius 2 is 2.08 bits per heavy atom. The summed E-state index contributed by atoms with van der Waals surface area (Å²) < 4.78 is 36.2. The van der Waals surface area contributed by atoms with Crippen LogP contribution >= 0.6 is 0 Å². The van der Waals surface area contributed by atoms with E-state index in [1.807, 2.05) is 0 Å². The molecule has 1 aromatic heterocycles. The summed E-state index contributed by atoms with van der Waals surface area (Å²) in [7, 11) is -4.34. The standard InChI is InChI=1S/C15H18N2O6S/c1-2-23-14(18)6-4-3-5-12-15(19)17-11-8-7-10(24(20,21)22)9-13(11)16-12/h7-9H,2-6H2,1H3,(H,17,19)(H,20,21,22). The third-order valence-corrected chi connectivity index (χ3v) is 4.23. The average Bonchev–Trinajstić information content (AvgIpc) is 2.50. The van der Waals surface area contributed by atoms with Crippen LogP contribution in [-0.2, 0) is 26.1 Å². The van der Waals surface area contributed by atoms with Gasteiger partial charge in [0.1, 0.15) is 5.69 Å². The number of rotatable bonds is 7. The minimum absolute atomic E-state index is 0.249. The topological polar surface area (TPSA) is 126 Å². The summed E-state index contributed by atoms with van der Waals surface area (Å²) in [6.45, 7) is 2.07. The monoisotopic (exact) mass is 354 g/mol. The van der Waals surface area contributed by atoms with Crippen LogP contribution in [-0.4, -0.2) is 35.5 Å². The maximum absolute atomic E-state index is 12.0. The summed E-state index contributed by atoms with van der Waals surface area (Å²) in [6, 6.07) is 3.76. The molecule has 0 spiro atoms. The van der Waals surface area contributed by atoms with Crippen molar-refractivity contribution < 1.29 is 22.5 Å². The van der Waals surface area contributed by atoms with Crippen molar-refractivity contribution in [2.45, 2.75) is 37.5 Å². The second kappa shape index (κ2) is 7.54. The number of unbranched alkanes of at least 4 members (excludes halogenated alkanes) is 1. The zero-order valence-corrected chi connectivity index (χ0v) is 13.9. The normalized spacial score (nSPS) is 11.6. The number of esters is 1. The Bertz CT molecular complexity index is 904. The number of aryl methyl sites for hydroxylation is 1. The first-order valence-corrected chi connectivity index (χ1v) is 8.91. The van der Waals surface area contributed by atoms with Crippen LogP contribution in [0.4, 0.5) is 0 Å². The van der Waals surface area contributed by atoms with Crippen LogP contribution in [0.15, 0.2) is 27.9 Å². The SMILES string of the molecule is CCOC(=O)CCCCc1nc2cc(S(=O)(=O)O)ccc2[nH]c1=O. The van der Waals surface area contributed by atoms with E-state index in [-0.39, 0.29) is 34.1 Å². The number of ether oxygens (including phenoxy) is 1. The van der Waals surface area contributed by atoms with Gasteiger partial charge in [-0.25, -0.2) is 4.98 Å². The summed E-state index contributed by atoms with van der Waals surface area (Å²) in [4.78, 5) is 29.7. The number of H-pyrrole nitrogens is 1. The largest absolute Gasteiger partial charge is 0.466 e. The molecule has 2 rings (SSSR count). The van der Waals surface area contributed by atoms with Crippen LogP contribution in [0.25, 0.3) is 11.0 Å². The molecule has 9 heteroatoms. The van der Waals surface area contributed by atoms with Crippen LogP contribution in [0.1, 0.15) is 31.9 Å². The minimum Gasteiger partial charge on any atom is -0.466 e. The zero-order valence-electron chi connectivity index (χ0n) is 13.1. The van der Waals surface area contributed by atoms with Crippen LogP contribution in [0.3, 0.4) is 0 Å². The zero-order chi connectivity index (χ0) is 17.7. The number of carbonyl (C=O) groups is 1. The van der Waals surface area contributed by atoms with Crippen molar-refractivity contribution in [2.75, 3.05) is 6.61 Å². The van der Waals surface area contributed by atoms with Gasteiger partial charge in [-0.15, -0.1) is 0 Å². The first kappa shape index (κ1) is 18.1. The summed E-state index contributed by atoms with van der Waals surface area (Å²) in [5, 5.41) is 0. The Labute approximate surface area is 138 Å². The third-order valence-electron chi connectivity index (χ3n) is 3.38. The van der Waals surface area contributed by atoms with E-state index in [0.717, 1.165) is 0 Å². The Balaban J connectivity index is 2.14. The molecule has 24 heavy (non-hydrogen) atoms. The lowest BCUT2D eigenvalue weighted by atomic mass is 10.1. The molecular weight excluding hydrogens is 336 g/mol. The number of fused-ring (bicyclic) bond motifs is 1.